The Bertz CT molecular complexity index is 324. The van der Waals surface area contributed by atoms with Gasteiger partial charge in [-0.05, 0) is 24.3 Å². The highest BCUT2D eigenvalue weighted by Gasteiger charge is 2.04. The normalized spacial score (nSPS) is 9.73. The van der Waals surface area contributed by atoms with Crippen molar-refractivity contribution in [3.05, 3.63) is 34.4 Å². The Morgan fingerprint density at radius 3 is 2.47 bits per heavy atom. The van der Waals surface area contributed by atoms with Crippen LogP contribution < -0.4 is 9.64 Å². The van der Waals surface area contributed by atoms with Gasteiger partial charge in [0.1, 0.15) is 5.75 Å². The van der Waals surface area contributed by atoms with Crippen molar-refractivity contribution >= 4 is 5.69 Å². The molecule has 1 aromatic rings. The highest BCUT2D eigenvalue weighted by molar-refractivity contribution is 5.48. The molecule has 0 aromatic heterocycles. The predicted octanol–water partition coefficient (Wildman–Crippen LogP) is 1.41. The van der Waals surface area contributed by atoms with Crippen molar-refractivity contribution in [2.75, 3.05) is 32.1 Å². The van der Waals surface area contributed by atoms with Crippen molar-refractivity contribution in [3.8, 4) is 5.75 Å². The summed E-state index contributed by atoms with van der Waals surface area (Å²) in [7, 11) is 3.43. The van der Waals surface area contributed by atoms with Crippen LogP contribution in [0.4, 0.5) is 5.69 Å². The molecule has 82 valence electrons. The van der Waals surface area contributed by atoms with Crippen LogP contribution in [-0.2, 0) is 0 Å². The summed E-state index contributed by atoms with van der Waals surface area (Å²) < 4.78 is 5.02. The lowest BCUT2D eigenvalue weighted by atomic mass is 10.3. The summed E-state index contributed by atoms with van der Waals surface area (Å²) in [5, 5.41) is 10.2. The van der Waals surface area contributed by atoms with Crippen LogP contribution in [0, 0.1) is 10.1 Å². The zero-order valence-corrected chi connectivity index (χ0v) is 8.84. The van der Waals surface area contributed by atoms with E-state index in [2.05, 4.69) is 0 Å². The van der Waals surface area contributed by atoms with Gasteiger partial charge in [-0.25, -0.2) is 0 Å². The molecule has 0 radical (unpaired) electrons. The third kappa shape index (κ3) is 3.46. The van der Waals surface area contributed by atoms with Crippen molar-refractivity contribution < 1.29 is 9.66 Å². The van der Waals surface area contributed by atoms with E-state index in [-0.39, 0.29) is 11.5 Å². The number of anilines is 1. The van der Waals surface area contributed by atoms with Crippen LogP contribution in [0.2, 0.25) is 0 Å². The van der Waals surface area contributed by atoms with Gasteiger partial charge in [-0.15, -0.1) is 0 Å². The van der Waals surface area contributed by atoms with Crippen LogP contribution in [0.25, 0.3) is 0 Å². The average Bonchev–Trinajstić information content (AvgIpc) is 2.26. The standard InChI is InChI=1S/C10H14N2O3/c1-11(7-8-12(13)14)9-3-5-10(15-2)6-4-9/h3-6H,7-8H2,1-2H3. The molecule has 1 aromatic carbocycles. The molecule has 0 amide bonds. The largest absolute Gasteiger partial charge is 0.497 e. The van der Waals surface area contributed by atoms with Gasteiger partial charge >= 0.3 is 0 Å². The smallest absolute Gasteiger partial charge is 0.221 e. The zero-order chi connectivity index (χ0) is 11.3. The molecule has 0 aliphatic heterocycles. The van der Waals surface area contributed by atoms with E-state index < -0.39 is 0 Å². The average molecular weight is 210 g/mol. The molecule has 1 rings (SSSR count). The fraction of sp³-hybridized carbons (Fsp3) is 0.400. The molecule has 0 saturated carbocycles. The first-order valence-corrected chi connectivity index (χ1v) is 4.60. The number of ether oxygens (including phenoxy) is 1. The summed E-state index contributed by atoms with van der Waals surface area (Å²) in [6.45, 7) is 0.349. The van der Waals surface area contributed by atoms with Gasteiger partial charge in [-0.3, -0.25) is 10.1 Å². The van der Waals surface area contributed by atoms with Gasteiger partial charge < -0.3 is 9.64 Å². The molecule has 0 atom stereocenters. The van der Waals surface area contributed by atoms with Crippen LogP contribution >= 0.6 is 0 Å². The minimum absolute atomic E-state index is 0.0530. The molecular formula is C10H14N2O3. The molecule has 0 fully saturated rings. The first kappa shape index (κ1) is 11.3. The van der Waals surface area contributed by atoms with E-state index in [0.29, 0.717) is 6.54 Å². The van der Waals surface area contributed by atoms with Crippen molar-refractivity contribution in [3.63, 3.8) is 0 Å². The second kappa shape index (κ2) is 5.19. The summed E-state index contributed by atoms with van der Waals surface area (Å²) in [5.41, 5.74) is 0.942. The second-order valence-corrected chi connectivity index (χ2v) is 3.18. The molecule has 0 spiro atoms. The minimum Gasteiger partial charge on any atom is -0.497 e. The first-order valence-electron chi connectivity index (χ1n) is 4.60. The second-order valence-electron chi connectivity index (χ2n) is 3.18. The van der Waals surface area contributed by atoms with Crippen LogP contribution in [0.3, 0.4) is 0 Å². The van der Waals surface area contributed by atoms with Crippen LogP contribution in [-0.4, -0.2) is 32.2 Å². The van der Waals surface area contributed by atoms with Gasteiger partial charge in [0.25, 0.3) is 0 Å². The lowest BCUT2D eigenvalue weighted by molar-refractivity contribution is -0.476. The van der Waals surface area contributed by atoms with Gasteiger partial charge in [-0.2, -0.15) is 0 Å². The number of hydrogen-bond donors (Lipinski definition) is 0. The van der Waals surface area contributed by atoms with E-state index in [0.717, 1.165) is 11.4 Å². The summed E-state index contributed by atoms with van der Waals surface area (Å²) >= 11 is 0. The number of methoxy groups -OCH3 is 1. The zero-order valence-electron chi connectivity index (χ0n) is 8.84. The monoisotopic (exact) mass is 210 g/mol. The molecule has 15 heavy (non-hydrogen) atoms. The maximum absolute atomic E-state index is 10.2. The van der Waals surface area contributed by atoms with E-state index in [1.165, 1.54) is 0 Å². The van der Waals surface area contributed by atoms with Gasteiger partial charge in [0, 0.05) is 17.7 Å². The van der Waals surface area contributed by atoms with E-state index in [1.807, 2.05) is 36.2 Å². The molecule has 0 N–H and O–H groups in total. The van der Waals surface area contributed by atoms with E-state index in [1.54, 1.807) is 7.11 Å². The number of rotatable bonds is 5. The van der Waals surface area contributed by atoms with E-state index in [4.69, 9.17) is 4.74 Å². The molecule has 0 bridgehead atoms. The Kier molecular flexibility index (Phi) is 3.91. The Morgan fingerprint density at radius 1 is 1.40 bits per heavy atom. The first-order chi connectivity index (χ1) is 7.13. The van der Waals surface area contributed by atoms with Crippen molar-refractivity contribution in [1.29, 1.82) is 0 Å². The highest BCUT2D eigenvalue weighted by Crippen LogP contribution is 2.17. The number of likely N-dealkylation sites (N-methyl/N-ethyl adjacent to an activating group) is 1. The Labute approximate surface area is 88.4 Å². The number of benzene rings is 1. The Balaban J connectivity index is 2.57. The third-order valence-electron chi connectivity index (χ3n) is 2.13. The Hall–Kier alpha value is -1.78. The van der Waals surface area contributed by atoms with Crippen molar-refractivity contribution in [2.24, 2.45) is 0 Å². The lowest BCUT2D eigenvalue weighted by Gasteiger charge is -2.16. The molecule has 0 unspecified atom stereocenters. The topological polar surface area (TPSA) is 55.6 Å². The maximum Gasteiger partial charge on any atom is 0.221 e. The summed E-state index contributed by atoms with van der Waals surface area (Å²) in [4.78, 5) is 11.7. The maximum atomic E-state index is 10.2. The van der Waals surface area contributed by atoms with Crippen LogP contribution in [0.1, 0.15) is 0 Å². The molecule has 0 aliphatic rings. The summed E-state index contributed by atoms with van der Waals surface area (Å²) in [5.74, 6) is 0.779. The molecule has 5 nitrogen and oxygen atoms in total. The van der Waals surface area contributed by atoms with Crippen LogP contribution in [0.15, 0.2) is 24.3 Å². The van der Waals surface area contributed by atoms with Gasteiger partial charge in [0.15, 0.2) is 0 Å². The Morgan fingerprint density at radius 2 is 2.00 bits per heavy atom. The third-order valence-corrected chi connectivity index (χ3v) is 2.13. The van der Waals surface area contributed by atoms with Gasteiger partial charge in [0.2, 0.25) is 6.54 Å². The fourth-order valence-electron chi connectivity index (χ4n) is 1.20. The molecule has 0 heterocycles. The van der Waals surface area contributed by atoms with E-state index >= 15 is 0 Å². The SMILES string of the molecule is COc1ccc(N(C)CC[N+](=O)[O-])cc1. The highest BCUT2D eigenvalue weighted by atomic mass is 16.6. The minimum atomic E-state index is -0.319. The van der Waals surface area contributed by atoms with Gasteiger partial charge in [-0.1, -0.05) is 0 Å². The van der Waals surface area contributed by atoms with Gasteiger partial charge in [0.05, 0.1) is 13.7 Å². The molecule has 5 heteroatoms. The molecule has 0 saturated heterocycles. The fourth-order valence-corrected chi connectivity index (χ4v) is 1.20. The lowest BCUT2D eigenvalue weighted by Crippen LogP contribution is -2.24. The van der Waals surface area contributed by atoms with Crippen LogP contribution in [0.5, 0.6) is 5.75 Å². The van der Waals surface area contributed by atoms with Crippen molar-refractivity contribution in [1.82, 2.24) is 0 Å². The number of nitro groups is 1. The number of nitrogens with zero attached hydrogens (tertiary/aromatic N) is 2. The molecular weight excluding hydrogens is 196 g/mol. The number of hydrogen-bond acceptors (Lipinski definition) is 4. The van der Waals surface area contributed by atoms with E-state index in [9.17, 15) is 10.1 Å². The summed E-state index contributed by atoms with van der Waals surface area (Å²) in [6, 6.07) is 7.41. The van der Waals surface area contributed by atoms with Crippen molar-refractivity contribution in [2.45, 2.75) is 0 Å². The summed E-state index contributed by atoms with van der Waals surface area (Å²) in [6.07, 6.45) is 0. The quantitative estimate of drug-likeness (QED) is 0.544. The molecule has 0 aliphatic carbocycles. The predicted molar refractivity (Wildman–Crippen MR) is 58.1 cm³/mol.